The van der Waals surface area contributed by atoms with E-state index in [0.29, 0.717) is 14.6 Å². The third kappa shape index (κ3) is 3.63. The van der Waals surface area contributed by atoms with Crippen LogP contribution in [0.25, 0.3) is 9.75 Å². The van der Waals surface area contributed by atoms with Crippen LogP contribution in [0.5, 0.6) is 0 Å². The van der Waals surface area contributed by atoms with E-state index < -0.39 is 0 Å². The molecule has 0 saturated heterocycles. The van der Waals surface area contributed by atoms with Gasteiger partial charge in [-0.05, 0) is 31.9 Å². The molecule has 2 rings (SSSR count). The Morgan fingerprint density at radius 2 is 1.79 bits per heavy atom. The van der Waals surface area contributed by atoms with Gasteiger partial charge in [0, 0.05) is 9.75 Å². The van der Waals surface area contributed by atoms with Gasteiger partial charge in [0.05, 0.1) is 9.75 Å². The van der Waals surface area contributed by atoms with E-state index in [-0.39, 0.29) is 11.6 Å². The molecule has 0 atom stereocenters. The second-order valence-corrected chi connectivity index (χ2v) is 7.11. The van der Waals surface area contributed by atoms with Crippen LogP contribution in [0, 0.1) is 18.6 Å². The first kappa shape index (κ1) is 14.7. The Balaban J connectivity index is 2.08. The average molecular weight is 300 g/mol. The number of halogens is 2. The average Bonchev–Trinajstić information content (AvgIpc) is 2.89. The van der Waals surface area contributed by atoms with Crippen molar-refractivity contribution in [3.8, 4) is 9.75 Å². The van der Waals surface area contributed by atoms with Crippen LogP contribution in [-0.2, 0) is 6.42 Å². The van der Waals surface area contributed by atoms with Gasteiger partial charge >= 0.3 is 0 Å². The minimum atomic E-state index is -0.239. The summed E-state index contributed by atoms with van der Waals surface area (Å²) in [6, 6.07) is 3.05. The van der Waals surface area contributed by atoms with Gasteiger partial charge in [0.15, 0.2) is 0 Å². The van der Waals surface area contributed by atoms with E-state index in [2.05, 4.69) is 6.92 Å². The first-order valence-corrected chi connectivity index (χ1v) is 8.29. The van der Waals surface area contributed by atoms with Crippen LogP contribution < -0.4 is 0 Å². The van der Waals surface area contributed by atoms with Crippen molar-refractivity contribution >= 4 is 22.7 Å². The fourth-order valence-corrected chi connectivity index (χ4v) is 4.08. The van der Waals surface area contributed by atoms with Gasteiger partial charge < -0.3 is 0 Å². The monoisotopic (exact) mass is 300 g/mol. The van der Waals surface area contributed by atoms with Gasteiger partial charge in [-0.1, -0.05) is 26.2 Å². The largest absolute Gasteiger partial charge is 0.206 e. The SMILES string of the molecule is CCCCCCc1cc(F)c(-c2cc(F)c(C)s2)s1. The number of aryl methyl sites for hydroxylation is 2. The van der Waals surface area contributed by atoms with Gasteiger partial charge in [0.2, 0.25) is 0 Å². The van der Waals surface area contributed by atoms with Gasteiger partial charge in [-0.3, -0.25) is 0 Å². The minimum absolute atomic E-state index is 0.211. The lowest BCUT2D eigenvalue weighted by molar-refractivity contribution is 0.625. The lowest BCUT2D eigenvalue weighted by atomic mass is 10.1. The molecule has 0 saturated carbocycles. The second kappa shape index (κ2) is 6.62. The molecule has 0 spiro atoms. The molecule has 0 aliphatic carbocycles. The standard InChI is InChI=1S/C15H18F2S2/c1-3-4-5-6-7-11-8-13(17)15(19-11)14-9-12(16)10(2)18-14/h8-9H,3-7H2,1-2H3. The molecule has 0 N–H and O–H groups in total. The zero-order valence-corrected chi connectivity index (χ0v) is 12.9. The van der Waals surface area contributed by atoms with Crippen molar-refractivity contribution in [1.82, 2.24) is 0 Å². The molecule has 0 aliphatic heterocycles. The molecule has 0 unspecified atom stereocenters. The van der Waals surface area contributed by atoms with Crippen molar-refractivity contribution in [2.75, 3.05) is 0 Å². The van der Waals surface area contributed by atoms with E-state index in [1.807, 2.05) is 0 Å². The third-order valence-corrected chi connectivity index (χ3v) is 5.47. The van der Waals surface area contributed by atoms with E-state index in [4.69, 9.17) is 0 Å². The Morgan fingerprint density at radius 3 is 2.42 bits per heavy atom. The van der Waals surface area contributed by atoms with E-state index in [1.54, 1.807) is 13.0 Å². The van der Waals surface area contributed by atoms with E-state index in [9.17, 15) is 8.78 Å². The summed E-state index contributed by atoms with van der Waals surface area (Å²) in [7, 11) is 0. The van der Waals surface area contributed by atoms with Crippen molar-refractivity contribution in [2.24, 2.45) is 0 Å². The molecule has 104 valence electrons. The highest BCUT2D eigenvalue weighted by molar-refractivity contribution is 7.22. The van der Waals surface area contributed by atoms with Crippen molar-refractivity contribution in [2.45, 2.75) is 46.0 Å². The summed E-state index contributed by atoms with van der Waals surface area (Å²) in [5.74, 6) is -0.450. The Kier molecular flexibility index (Phi) is 5.11. The molecule has 0 aromatic carbocycles. The molecule has 2 aromatic rings. The van der Waals surface area contributed by atoms with Crippen molar-refractivity contribution < 1.29 is 8.78 Å². The predicted octanol–water partition coefficient (Wildman–Crippen LogP) is 6.19. The van der Waals surface area contributed by atoms with Gasteiger partial charge in [0.25, 0.3) is 0 Å². The molecule has 0 radical (unpaired) electrons. The molecule has 19 heavy (non-hydrogen) atoms. The van der Waals surface area contributed by atoms with Gasteiger partial charge in [-0.2, -0.15) is 0 Å². The molecule has 2 aromatic heterocycles. The summed E-state index contributed by atoms with van der Waals surface area (Å²) < 4.78 is 27.3. The van der Waals surface area contributed by atoms with Crippen LogP contribution in [-0.4, -0.2) is 0 Å². The van der Waals surface area contributed by atoms with Crippen molar-refractivity contribution in [3.05, 3.63) is 33.5 Å². The summed E-state index contributed by atoms with van der Waals surface area (Å²) in [5, 5.41) is 0. The molecular weight excluding hydrogens is 282 g/mol. The predicted molar refractivity (Wildman–Crippen MR) is 80.1 cm³/mol. The molecule has 0 bridgehead atoms. The highest BCUT2D eigenvalue weighted by Gasteiger charge is 2.14. The van der Waals surface area contributed by atoms with Crippen LogP contribution in [0.15, 0.2) is 12.1 Å². The van der Waals surface area contributed by atoms with Crippen molar-refractivity contribution in [1.29, 1.82) is 0 Å². The second-order valence-electron chi connectivity index (χ2n) is 4.72. The summed E-state index contributed by atoms with van der Waals surface area (Å²) in [4.78, 5) is 2.97. The highest BCUT2D eigenvalue weighted by atomic mass is 32.1. The zero-order valence-electron chi connectivity index (χ0n) is 11.3. The molecule has 0 fully saturated rings. The Bertz CT molecular complexity index is 521. The molecule has 0 nitrogen and oxygen atoms in total. The number of hydrogen-bond donors (Lipinski definition) is 0. The van der Waals surface area contributed by atoms with Gasteiger partial charge in [-0.15, -0.1) is 22.7 Å². The fourth-order valence-electron chi connectivity index (χ4n) is 2.01. The van der Waals surface area contributed by atoms with Crippen LogP contribution in [0.4, 0.5) is 8.78 Å². The minimum Gasteiger partial charge on any atom is -0.206 e. The Labute approximate surface area is 121 Å². The van der Waals surface area contributed by atoms with Gasteiger partial charge in [-0.25, -0.2) is 8.78 Å². The molecule has 0 aliphatic rings. The van der Waals surface area contributed by atoms with Crippen LogP contribution in [0.1, 0.15) is 42.4 Å². The molecular formula is C15H18F2S2. The first-order chi connectivity index (χ1) is 9.11. The Morgan fingerprint density at radius 1 is 1.00 bits per heavy atom. The van der Waals surface area contributed by atoms with Crippen LogP contribution >= 0.6 is 22.7 Å². The maximum absolute atomic E-state index is 13.9. The number of unbranched alkanes of at least 4 members (excludes halogenated alkanes) is 3. The zero-order chi connectivity index (χ0) is 13.8. The summed E-state index contributed by atoms with van der Waals surface area (Å²) in [6.45, 7) is 3.90. The van der Waals surface area contributed by atoms with Crippen LogP contribution in [0.3, 0.4) is 0 Å². The molecule has 0 amide bonds. The van der Waals surface area contributed by atoms with Crippen molar-refractivity contribution in [3.63, 3.8) is 0 Å². The maximum atomic E-state index is 13.9. The lowest BCUT2D eigenvalue weighted by Gasteiger charge is -1.96. The smallest absolute Gasteiger partial charge is 0.142 e. The topological polar surface area (TPSA) is 0 Å². The summed E-state index contributed by atoms with van der Waals surface area (Å²) in [5.41, 5.74) is 0. The van der Waals surface area contributed by atoms with E-state index in [1.165, 1.54) is 48.0 Å². The normalized spacial score (nSPS) is 11.2. The Hall–Kier alpha value is -0.740. The quantitative estimate of drug-likeness (QED) is 0.558. The third-order valence-electron chi connectivity index (χ3n) is 3.10. The fraction of sp³-hybridized carbons (Fsp3) is 0.467. The van der Waals surface area contributed by atoms with Gasteiger partial charge in [0.1, 0.15) is 11.6 Å². The maximum Gasteiger partial charge on any atom is 0.142 e. The summed E-state index contributed by atoms with van der Waals surface area (Å²) >= 11 is 2.78. The number of thiophene rings is 2. The van der Waals surface area contributed by atoms with Crippen LogP contribution in [0.2, 0.25) is 0 Å². The highest BCUT2D eigenvalue weighted by Crippen LogP contribution is 2.37. The van der Waals surface area contributed by atoms with E-state index >= 15 is 0 Å². The summed E-state index contributed by atoms with van der Waals surface area (Å²) in [6.07, 6.45) is 5.66. The lowest BCUT2D eigenvalue weighted by Crippen LogP contribution is -1.80. The number of hydrogen-bond acceptors (Lipinski definition) is 2. The molecule has 2 heterocycles. The van der Waals surface area contributed by atoms with E-state index in [0.717, 1.165) is 17.7 Å². The number of rotatable bonds is 6. The first-order valence-electron chi connectivity index (χ1n) is 6.66. The molecule has 4 heteroatoms.